The summed E-state index contributed by atoms with van der Waals surface area (Å²) < 4.78 is 6.72. The molecule has 1 atom stereocenters. The molecule has 32 heavy (non-hydrogen) atoms. The normalized spacial score (nSPS) is 15.5. The number of anilines is 1. The SMILES string of the molecule is O=C(NC[C@@H]1CCCO1)C(=O)Nn1c(C(=O)Nc2ccc(Cl)cc2)cc2cc(Cl)ccc21. The summed E-state index contributed by atoms with van der Waals surface area (Å²) in [5.41, 5.74) is 3.66. The summed E-state index contributed by atoms with van der Waals surface area (Å²) in [7, 11) is 0. The number of halogens is 2. The van der Waals surface area contributed by atoms with Gasteiger partial charge in [0.25, 0.3) is 5.91 Å². The van der Waals surface area contributed by atoms with Crippen molar-refractivity contribution in [2.75, 3.05) is 23.9 Å². The van der Waals surface area contributed by atoms with Gasteiger partial charge in [-0.05, 0) is 61.4 Å². The smallest absolute Gasteiger partial charge is 0.328 e. The number of carbonyl (C=O) groups excluding carboxylic acids is 3. The first-order chi connectivity index (χ1) is 15.4. The lowest BCUT2D eigenvalue weighted by molar-refractivity contribution is -0.136. The summed E-state index contributed by atoms with van der Waals surface area (Å²) in [5, 5.41) is 6.94. The highest BCUT2D eigenvalue weighted by Gasteiger charge is 2.23. The van der Waals surface area contributed by atoms with Crippen LogP contribution in [-0.2, 0) is 14.3 Å². The van der Waals surface area contributed by atoms with Crippen LogP contribution in [0.3, 0.4) is 0 Å². The number of carbonyl (C=O) groups is 3. The van der Waals surface area contributed by atoms with Crippen molar-refractivity contribution in [3.63, 3.8) is 0 Å². The van der Waals surface area contributed by atoms with E-state index in [4.69, 9.17) is 27.9 Å². The Kier molecular flexibility index (Phi) is 6.64. The molecule has 0 radical (unpaired) electrons. The maximum atomic E-state index is 13.0. The second-order valence-corrected chi connectivity index (χ2v) is 8.19. The molecule has 166 valence electrons. The van der Waals surface area contributed by atoms with E-state index in [0.29, 0.717) is 33.2 Å². The van der Waals surface area contributed by atoms with Crippen molar-refractivity contribution in [3.05, 3.63) is 64.3 Å². The fraction of sp³-hybridized carbons (Fsp3) is 0.227. The minimum Gasteiger partial charge on any atom is -0.376 e. The van der Waals surface area contributed by atoms with Crippen LogP contribution in [0.2, 0.25) is 10.0 Å². The quantitative estimate of drug-likeness (QED) is 0.492. The third kappa shape index (κ3) is 5.04. The molecule has 1 aliphatic heterocycles. The number of ether oxygens (including phenoxy) is 1. The first-order valence-electron chi connectivity index (χ1n) is 9.99. The first kappa shape index (κ1) is 22.1. The lowest BCUT2D eigenvalue weighted by Gasteiger charge is -2.14. The first-order valence-corrected chi connectivity index (χ1v) is 10.7. The number of rotatable bonds is 5. The van der Waals surface area contributed by atoms with Crippen LogP contribution < -0.4 is 16.1 Å². The number of aromatic nitrogens is 1. The summed E-state index contributed by atoms with van der Waals surface area (Å²) in [4.78, 5) is 37.8. The van der Waals surface area contributed by atoms with Crippen LogP contribution in [0.25, 0.3) is 10.9 Å². The zero-order valence-corrected chi connectivity index (χ0v) is 18.4. The molecule has 0 bridgehead atoms. The van der Waals surface area contributed by atoms with Gasteiger partial charge in [-0.1, -0.05) is 23.2 Å². The van der Waals surface area contributed by atoms with E-state index in [2.05, 4.69) is 16.1 Å². The highest BCUT2D eigenvalue weighted by Crippen LogP contribution is 2.24. The molecule has 0 saturated carbocycles. The minimum atomic E-state index is -0.906. The van der Waals surface area contributed by atoms with Crippen molar-refractivity contribution in [3.8, 4) is 0 Å². The third-order valence-corrected chi connectivity index (χ3v) is 5.52. The molecule has 4 rings (SSSR count). The lowest BCUT2D eigenvalue weighted by Crippen LogP contribution is -2.42. The minimum absolute atomic E-state index is 0.0954. The summed E-state index contributed by atoms with van der Waals surface area (Å²) in [6.45, 7) is 0.898. The molecule has 8 nitrogen and oxygen atoms in total. The zero-order valence-electron chi connectivity index (χ0n) is 16.9. The molecule has 1 saturated heterocycles. The predicted octanol–water partition coefficient (Wildman–Crippen LogP) is 3.57. The number of fused-ring (bicyclic) bond motifs is 1. The maximum Gasteiger partial charge on any atom is 0.328 e. The summed E-state index contributed by atoms with van der Waals surface area (Å²) in [6, 6.07) is 13.1. The number of benzene rings is 2. The summed E-state index contributed by atoms with van der Waals surface area (Å²) in [6.07, 6.45) is 1.67. The Bertz CT molecular complexity index is 1170. The van der Waals surface area contributed by atoms with Gasteiger partial charge in [-0.25, -0.2) is 4.68 Å². The average molecular weight is 475 g/mol. The number of hydrogen-bond acceptors (Lipinski definition) is 4. The van der Waals surface area contributed by atoms with E-state index in [1.807, 2.05) is 0 Å². The second-order valence-electron chi connectivity index (χ2n) is 7.32. The Hall–Kier alpha value is -3.07. The Morgan fingerprint density at radius 2 is 1.75 bits per heavy atom. The Morgan fingerprint density at radius 3 is 2.47 bits per heavy atom. The van der Waals surface area contributed by atoms with Crippen molar-refractivity contribution < 1.29 is 19.1 Å². The molecule has 0 aliphatic carbocycles. The van der Waals surface area contributed by atoms with Crippen molar-refractivity contribution in [1.82, 2.24) is 9.99 Å². The van der Waals surface area contributed by atoms with E-state index in [1.54, 1.807) is 48.5 Å². The molecule has 3 aromatic rings. The molecule has 1 fully saturated rings. The van der Waals surface area contributed by atoms with Gasteiger partial charge in [0.1, 0.15) is 5.69 Å². The Balaban J connectivity index is 1.56. The van der Waals surface area contributed by atoms with E-state index in [1.165, 1.54) is 4.68 Å². The van der Waals surface area contributed by atoms with Gasteiger partial charge in [-0.15, -0.1) is 0 Å². The van der Waals surface area contributed by atoms with Crippen molar-refractivity contribution >= 4 is 57.5 Å². The van der Waals surface area contributed by atoms with Gasteiger partial charge in [0.05, 0.1) is 11.6 Å². The van der Waals surface area contributed by atoms with E-state index >= 15 is 0 Å². The van der Waals surface area contributed by atoms with Crippen LogP contribution in [0, 0.1) is 0 Å². The van der Waals surface area contributed by atoms with E-state index in [9.17, 15) is 14.4 Å². The molecular weight excluding hydrogens is 455 g/mol. The van der Waals surface area contributed by atoms with E-state index in [-0.39, 0.29) is 18.3 Å². The molecule has 0 unspecified atom stereocenters. The fourth-order valence-corrected chi connectivity index (χ4v) is 3.75. The highest BCUT2D eigenvalue weighted by molar-refractivity contribution is 6.38. The van der Waals surface area contributed by atoms with Crippen molar-refractivity contribution in [1.29, 1.82) is 0 Å². The van der Waals surface area contributed by atoms with E-state index < -0.39 is 17.7 Å². The summed E-state index contributed by atoms with van der Waals surface area (Å²) in [5.74, 6) is -2.21. The van der Waals surface area contributed by atoms with E-state index in [0.717, 1.165) is 12.8 Å². The van der Waals surface area contributed by atoms with Crippen molar-refractivity contribution in [2.24, 2.45) is 0 Å². The standard InChI is InChI=1S/C22H20Cl2N4O4/c23-14-3-6-16(7-4-14)26-20(29)19-11-13-10-15(24)5-8-18(13)28(19)27-22(31)21(30)25-12-17-2-1-9-32-17/h3-8,10-11,17H,1-2,9,12H2,(H,25,30)(H,26,29)(H,27,31)/t17-/m0/s1. The number of amides is 3. The Labute approximate surface area is 193 Å². The molecule has 0 spiro atoms. The summed E-state index contributed by atoms with van der Waals surface area (Å²) >= 11 is 12.0. The average Bonchev–Trinajstić information content (AvgIpc) is 3.41. The monoisotopic (exact) mass is 474 g/mol. The van der Waals surface area contributed by atoms with Gasteiger partial charge in [-0.3, -0.25) is 19.8 Å². The van der Waals surface area contributed by atoms with Crippen LogP contribution in [0.15, 0.2) is 48.5 Å². The molecule has 3 N–H and O–H groups in total. The molecule has 1 aliphatic rings. The van der Waals surface area contributed by atoms with Crippen LogP contribution >= 0.6 is 23.2 Å². The third-order valence-electron chi connectivity index (χ3n) is 5.03. The Morgan fingerprint density at radius 1 is 1.00 bits per heavy atom. The van der Waals surface area contributed by atoms with Gasteiger partial charge in [0.15, 0.2) is 0 Å². The zero-order chi connectivity index (χ0) is 22.7. The second kappa shape index (κ2) is 9.60. The largest absolute Gasteiger partial charge is 0.376 e. The fourth-order valence-electron chi connectivity index (χ4n) is 3.45. The topological polar surface area (TPSA) is 101 Å². The van der Waals surface area contributed by atoms with Gasteiger partial charge >= 0.3 is 11.8 Å². The highest BCUT2D eigenvalue weighted by atomic mass is 35.5. The molecule has 10 heteroatoms. The maximum absolute atomic E-state index is 13.0. The van der Waals surface area contributed by atoms with Crippen molar-refractivity contribution in [2.45, 2.75) is 18.9 Å². The van der Waals surface area contributed by atoms with Gasteiger partial charge < -0.3 is 15.4 Å². The van der Waals surface area contributed by atoms with Crippen LogP contribution in [0.1, 0.15) is 23.3 Å². The number of hydrogen-bond donors (Lipinski definition) is 3. The number of nitrogens with zero attached hydrogens (tertiary/aromatic N) is 1. The molecule has 1 aromatic heterocycles. The van der Waals surface area contributed by atoms with Crippen LogP contribution in [0.5, 0.6) is 0 Å². The van der Waals surface area contributed by atoms with Gasteiger partial charge in [-0.2, -0.15) is 0 Å². The lowest BCUT2D eigenvalue weighted by atomic mass is 10.2. The van der Waals surface area contributed by atoms with Gasteiger partial charge in [0.2, 0.25) is 0 Å². The van der Waals surface area contributed by atoms with Gasteiger partial charge in [0, 0.05) is 34.3 Å². The molecular formula is C22H20Cl2N4O4. The predicted molar refractivity (Wildman–Crippen MR) is 123 cm³/mol. The van der Waals surface area contributed by atoms with Crippen LogP contribution in [0.4, 0.5) is 5.69 Å². The molecule has 2 heterocycles. The number of nitrogens with one attached hydrogen (secondary N) is 3. The van der Waals surface area contributed by atoms with Crippen LogP contribution in [-0.4, -0.2) is 41.7 Å². The molecule has 3 amide bonds. The molecule has 2 aromatic carbocycles.